The van der Waals surface area contributed by atoms with Crippen LogP contribution in [0, 0.1) is 17.6 Å². The fourth-order valence-corrected chi connectivity index (χ4v) is 3.31. The monoisotopic (exact) mass is 287 g/mol. The molecule has 3 heteroatoms. The summed E-state index contributed by atoms with van der Waals surface area (Å²) in [5.74, 6) is -1.18. The molecule has 1 N–H and O–H groups in total. The van der Waals surface area contributed by atoms with E-state index in [0.717, 1.165) is 24.9 Å². The molecule has 0 fully saturated rings. The molecule has 1 nitrogen and oxygen atoms in total. The fraction of sp³-hybridized carbons (Fsp3) is 0.333. The van der Waals surface area contributed by atoms with Crippen molar-refractivity contribution >= 4 is 0 Å². The highest BCUT2D eigenvalue weighted by Gasteiger charge is 2.29. The van der Waals surface area contributed by atoms with Crippen molar-refractivity contribution in [2.24, 2.45) is 5.92 Å². The maximum absolute atomic E-state index is 13.5. The molecule has 21 heavy (non-hydrogen) atoms. The summed E-state index contributed by atoms with van der Waals surface area (Å²) in [7, 11) is 0. The number of hydrogen-bond acceptors (Lipinski definition) is 1. The van der Waals surface area contributed by atoms with Crippen LogP contribution in [0.15, 0.2) is 42.5 Å². The molecule has 0 saturated carbocycles. The zero-order valence-corrected chi connectivity index (χ0v) is 12.1. The first-order chi connectivity index (χ1) is 10.2. The van der Waals surface area contributed by atoms with Gasteiger partial charge in [-0.05, 0) is 54.1 Å². The number of benzene rings is 2. The molecule has 0 radical (unpaired) electrons. The normalized spacial score (nSPS) is 16.0. The van der Waals surface area contributed by atoms with E-state index >= 15 is 0 Å². The van der Waals surface area contributed by atoms with Crippen molar-refractivity contribution in [3.8, 4) is 0 Å². The third-order valence-electron chi connectivity index (χ3n) is 4.28. The zero-order valence-electron chi connectivity index (χ0n) is 12.1. The van der Waals surface area contributed by atoms with Gasteiger partial charge in [-0.2, -0.15) is 0 Å². The first-order valence-electron chi connectivity index (χ1n) is 7.44. The molecule has 0 saturated heterocycles. The number of nitrogens with one attached hydrogen (secondary N) is 1. The van der Waals surface area contributed by atoms with Gasteiger partial charge in [0.15, 0.2) is 11.6 Å². The summed E-state index contributed by atoms with van der Waals surface area (Å²) in [4.78, 5) is 0. The van der Waals surface area contributed by atoms with Crippen LogP contribution in [0.5, 0.6) is 0 Å². The highest BCUT2D eigenvalue weighted by Crippen LogP contribution is 2.35. The molecular formula is C18H19F2N. The predicted molar refractivity (Wildman–Crippen MR) is 80.1 cm³/mol. The summed E-state index contributed by atoms with van der Waals surface area (Å²) < 4.78 is 26.7. The topological polar surface area (TPSA) is 12.0 Å². The molecule has 110 valence electrons. The van der Waals surface area contributed by atoms with Gasteiger partial charge >= 0.3 is 0 Å². The maximum Gasteiger partial charge on any atom is 0.159 e. The molecule has 0 amide bonds. The molecule has 2 aromatic carbocycles. The number of hydrogen-bond donors (Lipinski definition) is 1. The smallest absolute Gasteiger partial charge is 0.159 e. The summed E-state index contributed by atoms with van der Waals surface area (Å²) in [5.41, 5.74) is 3.56. The van der Waals surface area contributed by atoms with E-state index in [9.17, 15) is 8.78 Å². The van der Waals surface area contributed by atoms with Crippen molar-refractivity contribution in [3.63, 3.8) is 0 Å². The Morgan fingerprint density at radius 3 is 2.29 bits per heavy atom. The van der Waals surface area contributed by atoms with Gasteiger partial charge in [0.1, 0.15) is 0 Å². The summed E-state index contributed by atoms with van der Waals surface area (Å²) >= 11 is 0. The lowest BCUT2D eigenvalue weighted by Gasteiger charge is -2.25. The summed E-state index contributed by atoms with van der Waals surface area (Å²) in [5, 5.41) is 3.43. The van der Waals surface area contributed by atoms with Crippen LogP contribution < -0.4 is 5.32 Å². The largest absolute Gasteiger partial charge is 0.310 e. The third-order valence-corrected chi connectivity index (χ3v) is 4.28. The van der Waals surface area contributed by atoms with Crippen molar-refractivity contribution in [2.75, 3.05) is 6.54 Å². The maximum atomic E-state index is 13.5. The SMILES string of the molecule is CCNC(c1ccc(F)c(F)c1)C1Cc2ccccc2C1. The Morgan fingerprint density at radius 1 is 1.05 bits per heavy atom. The Morgan fingerprint density at radius 2 is 1.71 bits per heavy atom. The van der Waals surface area contributed by atoms with E-state index in [2.05, 4.69) is 29.6 Å². The Bertz CT molecular complexity index is 614. The average molecular weight is 287 g/mol. The average Bonchev–Trinajstić information content (AvgIpc) is 2.91. The van der Waals surface area contributed by atoms with Gasteiger partial charge in [0.2, 0.25) is 0 Å². The van der Waals surface area contributed by atoms with Crippen molar-refractivity contribution in [1.29, 1.82) is 0 Å². The molecule has 0 spiro atoms. The number of halogens is 2. The molecule has 1 atom stereocenters. The second-order valence-corrected chi connectivity index (χ2v) is 5.65. The molecule has 1 unspecified atom stereocenters. The van der Waals surface area contributed by atoms with Crippen LogP contribution in [0.4, 0.5) is 8.78 Å². The van der Waals surface area contributed by atoms with Gasteiger partial charge in [0, 0.05) is 6.04 Å². The molecule has 0 heterocycles. The first kappa shape index (κ1) is 14.2. The minimum atomic E-state index is -0.788. The highest BCUT2D eigenvalue weighted by molar-refractivity contribution is 5.34. The Labute approximate surface area is 124 Å². The van der Waals surface area contributed by atoms with Crippen LogP contribution in [0.2, 0.25) is 0 Å². The third kappa shape index (κ3) is 2.84. The van der Waals surface area contributed by atoms with E-state index in [1.807, 2.05) is 6.92 Å². The lowest BCUT2D eigenvalue weighted by atomic mass is 9.90. The van der Waals surface area contributed by atoms with E-state index < -0.39 is 11.6 Å². The second-order valence-electron chi connectivity index (χ2n) is 5.65. The Kier molecular flexibility index (Phi) is 4.02. The van der Waals surface area contributed by atoms with Crippen LogP contribution in [0.3, 0.4) is 0 Å². The minimum Gasteiger partial charge on any atom is -0.310 e. The van der Waals surface area contributed by atoms with Gasteiger partial charge in [-0.15, -0.1) is 0 Å². The van der Waals surface area contributed by atoms with E-state index in [-0.39, 0.29) is 6.04 Å². The molecule has 0 aliphatic heterocycles. The molecule has 1 aliphatic rings. The summed E-state index contributed by atoms with van der Waals surface area (Å²) in [6, 6.07) is 12.7. The van der Waals surface area contributed by atoms with Gasteiger partial charge in [-0.3, -0.25) is 0 Å². The van der Waals surface area contributed by atoms with Gasteiger partial charge < -0.3 is 5.32 Å². The summed E-state index contributed by atoms with van der Waals surface area (Å²) in [6.07, 6.45) is 1.96. The molecule has 3 rings (SSSR count). The minimum absolute atomic E-state index is 0.0532. The van der Waals surface area contributed by atoms with Crippen LogP contribution in [0.25, 0.3) is 0 Å². The van der Waals surface area contributed by atoms with Gasteiger partial charge in [-0.1, -0.05) is 37.3 Å². The molecule has 0 bridgehead atoms. The van der Waals surface area contributed by atoms with Crippen molar-refractivity contribution in [1.82, 2.24) is 5.32 Å². The Hall–Kier alpha value is -1.74. The van der Waals surface area contributed by atoms with Crippen molar-refractivity contribution in [2.45, 2.75) is 25.8 Å². The molecule has 2 aromatic rings. The van der Waals surface area contributed by atoms with Crippen LogP contribution in [0.1, 0.15) is 29.7 Å². The number of fused-ring (bicyclic) bond motifs is 1. The van der Waals surface area contributed by atoms with E-state index in [0.29, 0.717) is 5.92 Å². The zero-order chi connectivity index (χ0) is 14.8. The van der Waals surface area contributed by atoms with Gasteiger partial charge in [0.25, 0.3) is 0 Å². The van der Waals surface area contributed by atoms with Crippen molar-refractivity contribution < 1.29 is 8.78 Å². The fourth-order valence-electron chi connectivity index (χ4n) is 3.31. The predicted octanol–water partition coefficient (Wildman–Crippen LogP) is 4.03. The molecule has 1 aliphatic carbocycles. The molecular weight excluding hydrogens is 268 g/mol. The van der Waals surface area contributed by atoms with E-state index in [1.165, 1.54) is 23.3 Å². The Balaban J connectivity index is 1.87. The highest BCUT2D eigenvalue weighted by atomic mass is 19.2. The number of rotatable bonds is 4. The van der Waals surface area contributed by atoms with Crippen molar-refractivity contribution in [3.05, 3.63) is 70.8 Å². The summed E-state index contributed by atoms with van der Waals surface area (Å²) in [6.45, 7) is 2.84. The van der Waals surface area contributed by atoms with E-state index in [4.69, 9.17) is 0 Å². The lowest BCUT2D eigenvalue weighted by Crippen LogP contribution is -2.29. The first-order valence-corrected chi connectivity index (χ1v) is 7.44. The van der Waals surface area contributed by atoms with Crippen LogP contribution >= 0.6 is 0 Å². The quantitative estimate of drug-likeness (QED) is 0.895. The van der Waals surface area contributed by atoms with Crippen LogP contribution in [-0.4, -0.2) is 6.54 Å². The second kappa shape index (κ2) is 5.94. The molecule has 0 aromatic heterocycles. The lowest BCUT2D eigenvalue weighted by molar-refractivity contribution is 0.378. The van der Waals surface area contributed by atoms with Gasteiger partial charge in [-0.25, -0.2) is 8.78 Å². The van der Waals surface area contributed by atoms with Crippen LogP contribution in [-0.2, 0) is 12.8 Å². The van der Waals surface area contributed by atoms with Gasteiger partial charge in [0.05, 0.1) is 0 Å². The van der Waals surface area contributed by atoms with E-state index in [1.54, 1.807) is 6.07 Å². The standard InChI is InChI=1S/C18H19F2N/c1-2-21-18(14-7-8-16(19)17(20)11-14)15-9-12-5-3-4-6-13(12)10-15/h3-8,11,15,18,21H,2,9-10H2,1H3.